The van der Waals surface area contributed by atoms with Crippen molar-refractivity contribution in [1.82, 2.24) is 5.32 Å². The lowest BCUT2D eigenvalue weighted by atomic mass is 9.93. The molecule has 0 fully saturated rings. The summed E-state index contributed by atoms with van der Waals surface area (Å²) in [6.07, 6.45) is 0. The molecule has 4 nitrogen and oxygen atoms in total. The average Bonchev–Trinajstić information content (AvgIpc) is 2.66. The van der Waals surface area contributed by atoms with E-state index in [1.54, 1.807) is 14.2 Å². The zero-order valence-corrected chi connectivity index (χ0v) is 19.3. The van der Waals surface area contributed by atoms with E-state index in [1.165, 1.54) is 0 Å². The maximum absolute atomic E-state index is 13.1. The molecule has 0 heterocycles. The van der Waals surface area contributed by atoms with Crippen LogP contribution in [0, 0.1) is 13.8 Å². The van der Waals surface area contributed by atoms with Crippen molar-refractivity contribution >= 4 is 5.91 Å². The Morgan fingerprint density at radius 2 is 1.24 bits per heavy atom. The number of hydrogen-bond acceptors (Lipinski definition) is 3. The normalized spacial score (nSPS) is 12.2. The molecule has 1 atom stereocenters. The van der Waals surface area contributed by atoms with Crippen LogP contribution in [-0.4, -0.2) is 20.1 Å². The first-order chi connectivity index (χ1) is 13.6. The summed E-state index contributed by atoms with van der Waals surface area (Å²) < 4.78 is 11.0. The number of benzene rings is 2. The van der Waals surface area contributed by atoms with E-state index in [-0.39, 0.29) is 17.9 Å². The molecule has 0 aromatic heterocycles. The molecule has 0 saturated carbocycles. The predicted octanol–water partition coefficient (Wildman–Crippen LogP) is 6.06. The van der Waals surface area contributed by atoms with Crippen molar-refractivity contribution in [3.8, 4) is 11.5 Å². The zero-order valence-electron chi connectivity index (χ0n) is 19.3. The van der Waals surface area contributed by atoms with Gasteiger partial charge in [-0.3, -0.25) is 4.79 Å². The topological polar surface area (TPSA) is 47.6 Å². The minimum atomic E-state index is -0.116. The van der Waals surface area contributed by atoms with E-state index in [4.69, 9.17) is 9.47 Å². The van der Waals surface area contributed by atoms with Crippen LogP contribution in [0.5, 0.6) is 11.5 Å². The summed E-state index contributed by atoms with van der Waals surface area (Å²) in [6.45, 7) is 14.5. The minimum absolute atomic E-state index is 0.0686. The minimum Gasteiger partial charge on any atom is -0.496 e. The van der Waals surface area contributed by atoms with Gasteiger partial charge in [0, 0.05) is 5.56 Å². The smallest absolute Gasteiger partial charge is 0.252 e. The van der Waals surface area contributed by atoms with E-state index in [9.17, 15) is 4.79 Å². The third-order valence-corrected chi connectivity index (χ3v) is 5.50. The van der Waals surface area contributed by atoms with Gasteiger partial charge in [0.25, 0.3) is 5.91 Å². The van der Waals surface area contributed by atoms with Gasteiger partial charge in [0.2, 0.25) is 0 Å². The van der Waals surface area contributed by atoms with Gasteiger partial charge < -0.3 is 14.8 Å². The van der Waals surface area contributed by atoms with Crippen molar-refractivity contribution in [1.29, 1.82) is 0 Å². The Hall–Kier alpha value is -2.49. The highest BCUT2D eigenvalue weighted by atomic mass is 16.5. The fourth-order valence-corrected chi connectivity index (χ4v) is 3.73. The van der Waals surface area contributed by atoms with Crippen LogP contribution in [0.4, 0.5) is 0 Å². The predicted molar refractivity (Wildman–Crippen MR) is 120 cm³/mol. The maximum atomic E-state index is 13.1. The number of methoxy groups -OCH3 is 2. The second kappa shape index (κ2) is 9.34. The highest BCUT2D eigenvalue weighted by Gasteiger charge is 2.20. The summed E-state index contributed by atoms with van der Waals surface area (Å²) in [5.41, 5.74) is 6.00. The summed E-state index contributed by atoms with van der Waals surface area (Å²) in [4.78, 5) is 13.1. The molecule has 158 valence electrons. The molecule has 0 aliphatic carbocycles. The lowest BCUT2D eigenvalue weighted by Crippen LogP contribution is -2.28. The van der Waals surface area contributed by atoms with Gasteiger partial charge in [0.1, 0.15) is 11.5 Å². The van der Waals surface area contributed by atoms with Crippen molar-refractivity contribution in [2.75, 3.05) is 14.2 Å². The molecule has 0 bridgehead atoms. The molecule has 2 aromatic carbocycles. The number of rotatable bonds is 7. The maximum Gasteiger partial charge on any atom is 0.252 e. The van der Waals surface area contributed by atoms with Gasteiger partial charge in [-0.1, -0.05) is 27.7 Å². The number of ether oxygens (including phenoxy) is 2. The van der Waals surface area contributed by atoms with Gasteiger partial charge in [0.15, 0.2) is 0 Å². The average molecular weight is 398 g/mol. The molecule has 0 aliphatic rings. The number of amides is 1. The Kier molecular flexibility index (Phi) is 7.34. The van der Waals surface area contributed by atoms with E-state index < -0.39 is 0 Å². The first kappa shape index (κ1) is 22.8. The Labute approximate surface area is 175 Å². The van der Waals surface area contributed by atoms with Crippen molar-refractivity contribution < 1.29 is 14.3 Å². The van der Waals surface area contributed by atoms with Gasteiger partial charge >= 0.3 is 0 Å². The third kappa shape index (κ3) is 4.92. The molecule has 0 saturated heterocycles. The van der Waals surface area contributed by atoms with Crippen LogP contribution >= 0.6 is 0 Å². The largest absolute Gasteiger partial charge is 0.496 e. The van der Waals surface area contributed by atoms with Crippen LogP contribution in [0.25, 0.3) is 0 Å². The van der Waals surface area contributed by atoms with Crippen LogP contribution in [0.15, 0.2) is 24.3 Å². The summed E-state index contributed by atoms with van der Waals surface area (Å²) in [5, 5.41) is 3.18. The van der Waals surface area contributed by atoms with Gasteiger partial charge in [-0.15, -0.1) is 0 Å². The molecule has 1 N–H and O–H groups in total. The van der Waals surface area contributed by atoms with Crippen LogP contribution < -0.4 is 14.8 Å². The van der Waals surface area contributed by atoms with E-state index in [1.807, 2.05) is 26.0 Å². The molecular weight excluding hydrogens is 362 g/mol. The second-order valence-electron chi connectivity index (χ2n) is 8.36. The van der Waals surface area contributed by atoms with E-state index in [2.05, 4.69) is 52.1 Å². The first-order valence-corrected chi connectivity index (χ1v) is 10.3. The molecule has 4 heteroatoms. The van der Waals surface area contributed by atoms with Crippen LogP contribution in [0.2, 0.25) is 0 Å². The monoisotopic (exact) mass is 397 g/mol. The Morgan fingerprint density at radius 1 is 0.759 bits per heavy atom. The fourth-order valence-electron chi connectivity index (χ4n) is 3.73. The third-order valence-electron chi connectivity index (χ3n) is 5.50. The number of carbonyl (C=O) groups is 1. The van der Waals surface area contributed by atoms with Crippen LogP contribution in [0.3, 0.4) is 0 Å². The Bertz CT molecular complexity index is 884. The van der Waals surface area contributed by atoms with Crippen molar-refractivity contribution in [3.05, 3.63) is 57.6 Å². The number of aryl methyl sites for hydroxylation is 2. The van der Waals surface area contributed by atoms with E-state index in [0.717, 1.165) is 39.3 Å². The number of nitrogens with one attached hydrogen (secondary N) is 1. The van der Waals surface area contributed by atoms with Gasteiger partial charge in [-0.2, -0.15) is 0 Å². The van der Waals surface area contributed by atoms with Crippen molar-refractivity contribution in [2.45, 2.75) is 66.3 Å². The lowest BCUT2D eigenvalue weighted by molar-refractivity contribution is 0.0939. The number of carbonyl (C=O) groups excluding carboxylic acids is 1. The molecule has 2 rings (SSSR count). The molecular formula is C25H35NO3. The first-order valence-electron chi connectivity index (χ1n) is 10.3. The molecule has 1 amide bonds. The van der Waals surface area contributed by atoms with Crippen LogP contribution in [0.1, 0.15) is 90.7 Å². The quantitative estimate of drug-likeness (QED) is 0.618. The highest BCUT2D eigenvalue weighted by molar-refractivity contribution is 5.96. The molecule has 0 aliphatic heterocycles. The van der Waals surface area contributed by atoms with Gasteiger partial charge in [0.05, 0.1) is 20.3 Å². The molecule has 0 radical (unpaired) electrons. The summed E-state index contributed by atoms with van der Waals surface area (Å²) in [7, 11) is 3.37. The highest BCUT2D eigenvalue weighted by Crippen LogP contribution is 2.33. The standard InChI is InChI=1S/C25H35NO3/c1-14(2)19-12-21(16(5)10-23(19)28-8)18(7)26-25(27)22-13-20(15(3)4)24(29-9)11-17(22)6/h10-15,18H,1-9H3,(H,26,27)/t18-/m1/s1. The van der Waals surface area contributed by atoms with Gasteiger partial charge in [-0.05, 0) is 84.7 Å². The molecule has 2 aromatic rings. The fraction of sp³-hybridized carbons (Fsp3) is 0.480. The number of hydrogen-bond donors (Lipinski definition) is 1. The zero-order chi connectivity index (χ0) is 21.9. The SMILES string of the molecule is COc1cc(C)c(C(=O)N[C@H](C)c2cc(C(C)C)c(OC)cc2C)cc1C(C)C. The van der Waals surface area contributed by atoms with Gasteiger partial charge in [-0.25, -0.2) is 0 Å². The van der Waals surface area contributed by atoms with E-state index in [0.29, 0.717) is 11.5 Å². The van der Waals surface area contributed by atoms with E-state index >= 15 is 0 Å². The second-order valence-corrected chi connectivity index (χ2v) is 8.36. The molecule has 0 spiro atoms. The van der Waals surface area contributed by atoms with Crippen molar-refractivity contribution in [3.63, 3.8) is 0 Å². The van der Waals surface area contributed by atoms with Crippen molar-refractivity contribution in [2.24, 2.45) is 0 Å². The molecule has 29 heavy (non-hydrogen) atoms. The Morgan fingerprint density at radius 3 is 1.72 bits per heavy atom. The summed E-state index contributed by atoms with van der Waals surface area (Å²) in [6, 6.07) is 8.01. The summed E-state index contributed by atoms with van der Waals surface area (Å²) >= 11 is 0. The molecule has 0 unspecified atom stereocenters. The lowest BCUT2D eigenvalue weighted by Gasteiger charge is -2.22. The Balaban J connectivity index is 2.37. The van der Waals surface area contributed by atoms with Crippen LogP contribution in [-0.2, 0) is 0 Å². The summed E-state index contributed by atoms with van der Waals surface area (Å²) in [5.74, 6) is 2.26.